The van der Waals surface area contributed by atoms with Gasteiger partial charge in [0.15, 0.2) is 0 Å². The third-order valence-electron chi connectivity index (χ3n) is 6.31. The standard InChI is InChI=1S/C21H23F6N5O2S/c1-19(8-12(9-19)20(22,23)24)10-32-17(15(21(25,26)27)16(31-32)11-3-4-11)18(33)30-13-5-6-29-14(7-13)35(2,28)34/h5-7,11-12,28H,3-4,8-10H2,1-2H3,(H,29,30,33)/t12?,19?,35-/m0/s1. The van der Waals surface area contributed by atoms with Crippen LogP contribution in [0.4, 0.5) is 32.0 Å². The van der Waals surface area contributed by atoms with Crippen LogP contribution in [-0.4, -0.2) is 37.3 Å². The fourth-order valence-electron chi connectivity index (χ4n) is 4.49. The number of rotatable bonds is 6. The molecule has 7 nitrogen and oxygen atoms in total. The second-order valence-corrected chi connectivity index (χ2v) is 11.8. The van der Waals surface area contributed by atoms with Crippen LogP contribution in [0.3, 0.4) is 0 Å². The van der Waals surface area contributed by atoms with Crippen LogP contribution in [0.15, 0.2) is 23.4 Å². The summed E-state index contributed by atoms with van der Waals surface area (Å²) in [6.07, 6.45) is -6.66. The summed E-state index contributed by atoms with van der Waals surface area (Å²) in [5.41, 5.74) is -3.26. The lowest BCUT2D eigenvalue weighted by Gasteiger charge is -2.46. The molecule has 1 atom stereocenters. The molecule has 0 aromatic carbocycles. The van der Waals surface area contributed by atoms with Crippen LogP contribution in [0.5, 0.6) is 0 Å². The Morgan fingerprint density at radius 2 is 1.89 bits per heavy atom. The van der Waals surface area contributed by atoms with Crippen molar-refractivity contribution in [1.82, 2.24) is 14.8 Å². The van der Waals surface area contributed by atoms with E-state index in [4.69, 9.17) is 4.78 Å². The molecule has 2 N–H and O–H groups in total. The van der Waals surface area contributed by atoms with Crippen molar-refractivity contribution in [2.24, 2.45) is 11.3 Å². The predicted octanol–water partition coefficient (Wildman–Crippen LogP) is 5.44. The minimum atomic E-state index is -4.92. The van der Waals surface area contributed by atoms with E-state index in [1.807, 2.05) is 0 Å². The lowest BCUT2D eigenvalue weighted by atomic mass is 9.63. The number of carbonyl (C=O) groups excluding carboxylic acids is 1. The number of amides is 1. The second-order valence-electron chi connectivity index (χ2n) is 9.68. The lowest BCUT2D eigenvalue weighted by molar-refractivity contribution is -0.221. The zero-order valence-electron chi connectivity index (χ0n) is 18.8. The van der Waals surface area contributed by atoms with Gasteiger partial charge >= 0.3 is 12.4 Å². The summed E-state index contributed by atoms with van der Waals surface area (Å²) >= 11 is 0. The van der Waals surface area contributed by atoms with E-state index in [0.717, 1.165) is 23.2 Å². The smallest absolute Gasteiger partial charge is 0.320 e. The van der Waals surface area contributed by atoms with E-state index in [1.165, 1.54) is 13.0 Å². The third kappa shape index (κ3) is 5.31. The van der Waals surface area contributed by atoms with Crippen molar-refractivity contribution >= 4 is 21.3 Å². The Labute approximate surface area is 197 Å². The van der Waals surface area contributed by atoms with Crippen molar-refractivity contribution in [3.8, 4) is 0 Å². The van der Waals surface area contributed by atoms with Crippen molar-refractivity contribution in [3.63, 3.8) is 0 Å². The maximum absolute atomic E-state index is 14.1. The summed E-state index contributed by atoms with van der Waals surface area (Å²) < 4.78 is 102. The Bertz CT molecular complexity index is 1260. The summed E-state index contributed by atoms with van der Waals surface area (Å²) in [6, 6.07) is 2.40. The molecule has 0 aliphatic heterocycles. The molecule has 2 saturated carbocycles. The number of alkyl halides is 6. The van der Waals surface area contributed by atoms with Crippen molar-refractivity contribution in [3.05, 3.63) is 35.3 Å². The third-order valence-corrected chi connectivity index (χ3v) is 7.33. The molecular formula is C21H23F6N5O2S. The first-order valence-corrected chi connectivity index (χ1v) is 12.7. The fourth-order valence-corrected chi connectivity index (χ4v) is 5.10. The van der Waals surface area contributed by atoms with Crippen LogP contribution in [0, 0.1) is 16.1 Å². The molecule has 0 saturated heterocycles. The molecule has 14 heteroatoms. The van der Waals surface area contributed by atoms with Gasteiger partial charge in [-0.25, -0.2) is 14.0 Å². The van der Waals surface area contributed by atoms with Gasteiger partial charge in [0, 0.05) is 30.6 Å². The highest BCUT2D eigenvalue weighted by Gasteiger charge is 2.54. The van der Waals surface area contributed by atoms with Crippen molar-refractivity contribution < 1.29 is 35.3 Å². The highest BCUT2D eigenvalue weighted by atomic mass is 32.2. The number of hydrogen-bond donors (Lipinski definition) is 2. The molecule has 2 aliphatic rings. The van der Waals surface area contributed by atoms with Crippen molar-refractivity contribution in [2.75, 3.05) is 11.6 Å². The SMILES string of the molecule is CC1(Cn2nc(C3CC3)c(C(F)(F)F)c2C(=O)Nc2ccnc([S@@](C)(=N)=O)c2)CC(C(F)(F)F)C1. The van der Waals surface area contributed by atoms with Gasteiger partial charge in [-0.15, -0.1) is 0 Å². The molecule has 2 aliphatic carbocycles. The van der Waals surface area contributed by atoms with Gasteiger partial charge in [-0.1, -0.05) is 6.92 Å². The first-order chi connectivity index (χ1) is 16.0. The number of aromatic nitrogens is 3. The minimum Gasteiger partial charge on any atom is -0.320 e. The number of nitrogens with one attached hydrogen (secondary N) is 2. The monoisotopic (exact) mass is 523 g/mol. The number of pyridine rings is 1. The molecule has 0 unspecified atom stereocenters. The van der Waals surface area contributed by atoms with E-state index in [2.05, 4.69) is 15.4 Å². The Kier molecular flexibility index (Phi) is 5.97. The van der Waals surface area contributed by atoms with Gasteiger partial charge < -0.3 is 5.32 Å². The summed E-state index contributed by atoms with van der Waals surface area (Å²) in [6.45, 7) is 1.25. The first kappa shape index (κ1) is 25.5. The van der Waals surface area contributed by atoms with Gasteiger partial charge in [-0.05, 0) is 43.2 Å². The second kappa shape index (κ2) is 8.20. The number of hydrogen-bond acceptors (Lipinski definition) is 5. The van der Waals surface area contributed by atoms with Crippen LogP contribution in [0.2, 0.25) is 0 Å². The zero-order chi connectivity index (χ0) is 26.0. The van der Waals surface area contributed by atoms with Gasteiger partial charge in [-0.2, -0.15) is 31.4 Å². The summed E-state index contributed by atoms with van der Waals surface area (Å²) in [7, 11) is -3.25. The molecule has 0 bridgehead atoms. The number of nitrogens with zero attached hydrogens (tertiary/aromatic N) is 3. The largest absolute Gasteiger partial charge is 0.420 e. The number of halogens is 6. The van der Waals surface area contributed by atoms with E-state index in [9.17, 15) is 35.3 Å². The minimum absolute atomic E-state index is 0.0253. The van der Waals surface area contributed by atoms with E-state index in [1.54, 1.807) is 0 Å². The average molecular weight is 524 g/mol. The van der Waals surface area contributed by atoms with E-state index >= 15 is 0 Å². The van der Waals surface area contributed by atoms with Crippen molar-refractivity contribution in [2.45, 2.75) is 62.4 Å². The maximum atomic E-state index is 14.1. The molecule has 0 radical (unpaired) electrons. The predicted molar refractivity (Wildman–Crippen MR) is 113 cm³/mol. The molecule has 0 spiro atoms. The molecule has 192 valence electrons. The van der Waals surface area contributed by atoms with Crippen LogP contribution < -0.4 is 5.32 Å². The highest BCUT2D eigenvalue weighted by molar-refractivity contribution is 7.91. The van der Waals surface area contributed by atoms with E-state index in [-0.39, 0.29) is 35.8 Å². The molecule has 2 aromatic heterocycles. The Morgan fingerprint density at radius 1 is 1.26 bits per heavy atom. The quantitative estimate of drug-likeness (QED) is 0.493. The van der Waals surface area contributed by atoms with Crippen LogP contribution in [0.25, 0.3) is 0 Å². The first-order valence-electron chi connectivity index (χ1n) is 10.7. The molecule has 4 rings (SSSR count). The zero-order valence-corrected chi connectivity index (χ0v) is 19.6. The normalized spacial score (nSPS) is 24.5. The van der Waals surface area contributed by atoms with Crippen molar-refractivity contribution in [1.29, 1.82) is 4.78 Å². The van der Waals surface area contributed by atoms with E-state index in [0.29, 0.717) is 12.8 Å². The van der Waals surface area contributed by atoms with Crippen LogP contribution in [0.1, 0.15) is 60.3 Å². The summed E-state index contributed by atoms with van der Waals surface area (Å²) in [5, 5.41) is 6.23. The van der Waals surface area contributed by atoms with Gasteiger partial charge in [0.25, 0.3) is 5.91 Å². The molecule has 2 aromatic rings. The molecule has 2 fully saturated rings. The Morgan fingerprint density at radius 3 is 2.40 bits per heavy atom. The number of carbonyl (C=O) groups is 1. The van der Waals surface area contributed by atoms with E-state index < -0.39 is 56.5 Å². The molecule has 1 amide bonds. The summed E-state index contributed by atoms with van der Waals surface area (Å²) in [4.78, 5) is 16.9. The van der Waals surface area contributed by atoms with Gasteiger partial charge in [0.2, 0.25) is 0 Å². The fraction of sp³-hybridized carbons (Fsp3) is 0.571. The average Bonchev–Trinajstić information content (AvgIpc) is 3.45. The molecule has 35 heavy (non-hydrogen) atoms. The highest BCUT2D eigenvalue weighted by Crippen LogP contribution is 2.54. The Balaban J connectivity index is 1.71. The molecular weight excluding hydrogens is 500 g/mol. The summed E-state index contributed by atoms with van der Waals surface area (Å²) in [5.74, 6) is -3.18. The van der Waals surface area contributed by atoms with Gasteiger partial charge in [0.1, 0.15) is 16.3 Å². The van der Waals surface area contributed by atoms with Gasteiger partial charge in [0.05, 0.1) is 21.3 Å². The number of anilines is 1. The maximum Gasteiger partial charge on any atom is 0.420 e. The van der Waals surface area contributed by atoms with Gasteiger partial charge in [-0.3, -0.25) is 9.48 Å². The molecule has 2 heterocycles. The van der Waals surface area contributed by atoms with Crippen LogP contribution >= 0.6 is 0 Å². The van der Waals surface area contributed by atoms with Crippen LogP contribution in [-0.2, 0) is 22.5 Å². The Hall–Kier alpha value is -2.64. The topological polar surface area (TPSA) is 101 Å². The lowest BCUT2D eigenvalue weighted by Crippen LogP contribution is -2.45.